The zero-order valence-corrected chi connectivity index (χ0v) is 14.8. The van der Waals surface area contributed by atoms with Crippen molar-refractivity contribution in [3.05, 3.63) is 52.8 Å². The summed E-state index contributed by atoms with van der Waals surface area (Å²) in [6, 6.07) is 0. The summed E-state index contributed by atoms with van der Waals surface area (Å²) < 4.78 is 0. The van der Waals surface area contributed by atoms with E-state index >= 15 is 0 Å². The van der Waals surface area contributed by atoms with Crippen molar-refractivity contribution in [2.24, 2.45) is 5.41 Å². The number of aldehydes is 1. The average molecular weight is 316 g/mol. The van der Waals surface area contributed by atoms with Crippen molar-refractivity contribution in [3.8, 4) is 0 Å². The molecule has 0 unspecified atom stereocenters. The Bertz CT molecular complexity index is 574. The highest BCUT2D eigenvalue weighted by atomic mass is 16.3. The van der Waals surface area contributed by atoms with Gasteiger partial charge >= 0.3 is 0 Å². The molecule has 0 spiro atoms. The fourth-order valence-electron chi connectivity index (χ4n) is 3.15. The number of carbonyl (C=O) groups excluding carboxylic acids is 1. The molecule has 0 bridgehead atoms. The summed E-state index contributed by atoms with van der Waals surface area (Å²) in [5.41, 5.74) is 4.60. The lowest BCUT2D eigenvalue weighted by atomic mass is 9.65. The number of hydrogen-bond donors (Lipinski definition) is 2. The Hall–Kier alpha value is -1.67. The van der Waals surface area contributed by atoms with Crippen LogP contribution in [0.15, 0.2) is 52.8 Å². The molecule has 0 saturated heterocycles. The van der Waals surface area contributed by atoms with Gasteiger partial charge in [-0.2, -0.15) is 0 Å². The maximum atomic E-state index is 10.6. The maximum Gasteiger partial charge on any atom is 0.143 e. The Kier molecular flexibility index (Phi) is 6.52. The second kappa shape index (κ2) is 7.74. The van der Waals surface area contributed by atoms with E-state index in [-0.39, 0.29) is 5.41 Å². The molecule has 1 aliphatic rings. The van der Waals surface area contributed by atoms with Gasteiger partial charge in [-0.25, -0.2) is 0 Å². The molecular formula is C20H28O3. The fourth-order valence-corrected chi connectivity index (χ4v) is 3.15. The van der Waals surface area contributed by atoms with Crippen molar-refractivity contribution in [1.29, 1.82) is 0 Å². The van der Waals surface area contributed by atoms with Crippen LogP contribution in [0.25, 0.3) is 0 Å². The highest BCUT2D eigenvalue weighted by molar-refractivity contribution is 5.66. The lowest BCUT2D eigenvalue weighted by Crippen LogP contribution is -2.45. The number of aliphatic hydroxyl groups is 2. The second-order valence-corrected chi connectivity index (χ2v) is 7.20. The number of aliphatic hydroxyl groups excluding tert-OH is 1. The summed E-state index contributed by atoms with van der Waals surface area (Å²) in [5, 5.41) is 20.5. The molecule has 126 valence electrons. The molecule has 0 aromatic heterocycles. The number of carbonyl (C=O) groups is 1. The van der Waals surface area contributed by atoms with Crippen LogP contribution in [-0.2, 0) is 4.79 Å². The highest BCUT2D eigenvalue weighted by Gasteiger charge is 2.44. The molecule has 23 heavy (non-hydrogen) atoms. The predicted molar refractivity (Wildman–Crippen MR) is 94.0 cm³/mol. The Morgan fingerprint density at radius 3 is 2.39 bits per heavy atom. The van der Waals surface area contributed by atoms with Crippen LogP contribution in [-0.4, -0.2) is 28.2 Å². The molecule has 3 nitrogen and oxygen atoms in total. The first-order chi connectivity index (χ1) is 10.6. The third-order valence-corrected chi connectivity index (χ3v) is 4.09. The highest BCUT2D eigenvalue weighted by Crippen LogP contribution is 2.45. The van der Waals surface area contributed by atoms with Crippen LogP contribution < -0.4 is 0 Å². The summed E-state index contributed by atoms with van der Waals surface area (Å²) in [6.45, 7) is 9.59. The monoisotopic (exact) mass is 316 g/mol. The van der Waals surface area contributed by atoms with Crippen molar-refractivity contribution >= 4 is 6.29 Å². The largest absolute Gasteiger partial charge is 0.393 e. The topological polar surface area (TPSA) is 57.5 Å². The van der Waals surface area contributed by atoms with Crippen molar-refractivity contribution in [3.63, 3.8) is 0 Å². The number of allylic oxidation sites excluding steroid dienone is 6. The molecule has 0 aromatic rings. The number of hydrogen-bond acceptors (Lipinski definition) is 3. The molecule has 1 saturated carbocycles. The van der Waals surface area contributed by atoms with Crippen molar-refractivity contribution in [2.75, 3.05) is 0 Å². The lowest BCUT2D eigenvalue weighted by Gasteiger charge is -2.43. The van der Waals surface area contributed by atoms with Gasteiger partial charge in [0.25, 0.3) is 0 Å². The molecule has 1 rings (SSSR count). The normalized spacial score (nSPS) is 28.7. The van der Waals surface area contributed by atoms with Gasteiger partial charge in [0, 0.05) is 12.0 Å². The first kappa shape index (κ1) is 19.4. The minimum Gasteiger partial charge on any atom is -0.393 e. The molecule has 2 N–H and O–H groups in total. The SMILES string of the molecule is C\C(C=C=C1C(C)(C)C[C@H](O)C[C@@]1(C)O)=C/C=C/C(C)=C/C=O. The molecule has 0 amide bonds. The molecule has 0 aliphatic heterocycles. The smallest absolute Gasteiger partial charge is 0.143 e. The third-order valence-electron chi connectivity index (χ3n) is 4.09. The van der Waals surface area contributed by atoms with E-state index in [0.29, 0.717) is 12.8 Å². The van der Waals surface area contributed by atoms with Gasteiger partial charge in [-0.15, -0.1) is 5.73 Å². The van der Waals surface area contributed by atoms with Crippen molar-refractivity contribution in [2.45, 2.75) is 59.2 Å². The standard InChI is InChI=1S/C20H28O3/c1-15(7-6-8-16(2)11-12-21)9-10-18-19(3,4)13-17(22)14-20(18,5)23/h6-9,11-12,17,22-23H,13-14H2,1-5H3/b8-6+,15-7+,16-11+/t10?,17-,20+/m0/s1. The molecular weight excluding hydrogens is 288 g/mol. The molecule has 2 atom stereocenters. The maximum absolute atomic E-state index is 10.6. The van der Waals surface area contributed by atoms with Crippen LogP contribution in [0.1, 0.15) is 47.5 Å². The molecule has 0 radical (unpaired) electrons. The lowest BCUT2D eigenvalue weighted by molar-refractivity contribution is -0.104. The summed E-state index contributed by atoms with van der Waals surface area (Å²) in [4.78, 5) is 10.3. The summed E-state index contributed by atoms with van der Waals surface area (Å²) in [5.74, 6) is 0. The van der Waals surface area contributed by atoms with E-state index in [2.05, 4.69) is 5.73 Å². The summed E-state index contributed by atoms with van der Waals surface area (Å²) >= 11 is 0. The van der Waals surface area contributed by atoms with Gasteiger partial charge in [0.05, 0.1) is 11.7 Å². The van der Waals surface area contributed by atoms with Gasteiger partial charge in [-0.3, -0.25) is 4.79 Å². The molecule has 1 aliphatic carbocycles. The van der Waals surface area contributed by atoms with Gasteiger partial charge in [0.15, 0.2) is 0 Å². The fraction of sp³-hybridized carbons (Fsp3) is 0.500. The first-order valence-electron chi connectivity index (χ1n) is 7.93. The van der Waals surface area contributed by atoms with Crippen LogP contribution in [0, 0.1) is 5.41 Å². The molecule has 0 heterocycles. The van der Waals surface area contributed by atoms with Crippen LogP contribution >= 0.6 is 0 Å². The van der Waals surface area contributed by atoms with E-state index < -0.39 is 11.7 Å². The van der Waals surface area contributed by atoms with E-state index in [0.717, 1.165) is 23.0 Å². The Morgan fingerprint density at radius 2 is 1.83 bits per heavy atom. The van der Waals surface area contributed by atoms with Crippen molar-refractivity contribution < 1.29 is 15.0 Å². The first-order valence-corrected chi connectivity index (χ1v) is 7.93. The molecule has 3 heteroatoms. The Balaban J connectivity index is 3.05. The van der Waals surface area contributed by atoms with Crippen LogP contribution in [0.4, 0.5) is 0 Å². The van der Waals surface area contributed by atoms with E-state index in [1.54, 1.807) is 6.92 Å². The Labute approximate surface area is 139 Å². The molecule has 0 aromatic carbocycles. The minimum absolute atomic E-state index is 0.295. The van der Waals surface area contributed by atoms with Crippen LogP contribution in [0.2, 0.25) is 0 Å². The van der Waals surface area contributed by atoms with Gasteiger partial charge in [0.1, 0.15) is 6.29 Å². The van der Waals surface area contributed by atoms with Gasteiger partial charge in [-0.1, -0.05) is 32.1 Å². The second-order valence-electron chi connectivity index (χ2n) is 7.20. The van der Waals surface area contributed by atoms with Crippen LogP contribution in [0.5, 0.6) is 0 Å². The average Bonchev–Trinajstić information content (AvgIpc) is 2.35. The van der Waals surface area contributed by atoms with Crippen molar-refractivity contribution in [1.82, 2.24) is 0 Å². The molecule has 1 fully saturated rings. The minimum atomic E-state index is -1.04. The van der Waals surface area contributed by atoms with E-state index in [9.17, 15) is 15.0 Å². The number of rotatable bonds is 4. The predicted octanol–water partition coefficient (Wildman–Crippen LogP) is 3.65. The zero-order valence-electron chi connectivity index (χ0n) is 14.8. The summed E-state index contributed by atoms with van der Waals surface area (Å²) in [6.07, 6.45) is 10.3. The van der Waals surface area contributed by atoms with Gasteiger partial charge in [0.2, 0.25) is 0 Å². The summed E-state index contributed by atoms with van der Waals surface area (Å²) in [7, 11) is 0. The van der Waals surface area contributed by atoms with Gasteiger partial charge in [-0.05, 0) is 55.9 Å². The van der Waals surface area contributed by atoms with E-state index in [4.69, 9.17) is 0 Å². The van der Waals surface area contributed by atoms with E-state index in [1.807, 2.05) is 52.0 Å². The quantitative estimate of drug-likeness (QED) is 0.360. The zero-order chi connectivity index (χ0) is 17.7. The van der Waals surface area contributed by atoms with Gasteiger partial charge < -0.3 is 10.2 Å². The third kappa shape index (κ3) is 5.80. The van der Waals surface area contributed by atoms with Crippen LogP contribution in [0.3, 0.4) is 0 Å². The van der Waals surface area contributed by atoms with E-state index in [1.165, 1.54) is 6.08 Å². The Morgan fingerprint density at radius 1 is 1.17 bits per heavy atom.